The second-order valence-corrected chi connectivity index (χ2v) is 6.29. The highest BCUT2D eigenvalue weighted by Gasteiger charge is 2.44. The van der Waals surface area contributed by atoms with Gasteiger partial charge in [-0.2, -0.15) is 0 Å². The number of amides is 4. The molecule has 0 bridgehead atoms. The van der Waals surface area contributed by atoms with Crippen LogP contribution in [0.4, 0.5) is 0 Å². The fourth-order valence-electron chi connectivity index (χ4n) is 3.12. The molecular weight excluding hydrogens is 340 g/mol. The zero-order chi connectivity index (χ0) is 18.7. The topological polar surface area (TPSA) is 113 Å². The standard InChI is InChI=1S/C18H20N2O6/c21-8-2-1-3-9-26-11-4-5-12-13(10-11)18(25)20(17(12)24)14-6-7-15(22)19-16(14)23/h4-5,10,14,21H,1-3,6-9H2,(H,19,22,23). The Morgan fingerprint density at radius 3 is 2.58 bits per heavy atom. The third-order valence-corrected chi connectivity index (χ3v) is 4.48. The number of unbranched alkanes of at least 4 members (excludes halogenated alkanes) is 2. The fraction of sp³-hybridized carbons (Fsp3) is 0.444. The second kappa shape index (κ2) is 7.65. The van der Waals surface area contributed by atoms with E-state index >= 15 is 0 Å². The number of piperidine rings is 1. The summed E-state index contributed by atoms with van der Waals surface area (Å²) in [6, 6.07) is 3.67. The van der Waals surface area contributed by atoms with Gasteiger partial charge in [0.1, 0.15) is 11.8 Å². The highest BCUT2D eigenvalue weighted by atomic mass is 16.5. The van der Waals surface area contributed by atoms with Gasteiger partial charge in [0.25, 0.3) is 11.8 Å². The van der Waals surface area contributed by atoms with E-state index in [4.69, 9.17) is 9.84 Å². The number of hydrogen-bond donors (Lipinski definition) is 2. The third kappa shape index (κ3) is 3.45. The van der Waals surface area contributed by atoms with E-state index in [1.165, 1.54) is 12.1 Å². The second-order valence-electron chi connectivity index (χ2n) is 6.29. The number of nitrogens with zero attached hydrogens (tertiary/aromatic N) is 1. The number of imide groups is 2. The van der Waals surface area contributed by atoms with Crippen molar-refractivity contribution >= 4 is 23.6 Å². The minimum atomic E-state index is -0.969. The Balaban J connectivity index is 1.71. The third-order valence-electron chi connectivity index (χ3n) is 4.48. The van der Waals surface area contributed by atoms with E-state index in [0.29, 0.717) is 18.8 Å². The van der Waals surface area contributed by atoms with Crippen LogP contribution in [0.5, 0.6) is 5.75 Å². The van der Waals surface area contributed by atoms with Gasteiger partial charge in [0.05, 0.1) is 17.7 Å². The highest BCUT2D eigenvalue weighted by molar-refractivity contribution is 6.23. The first-order valence-electron chi connectivity index (χ1n) is 8.62. The molecule has 0 radical (unpaired) electrons. The number of hydrogen-bond acceptors (Lipinski definition) is 6. The van der Waals surface area contributed by atoms with Gasteiger partial charge in [-0.05, 0) is 43.9 Å². The normalized spacial score (nSPS) is 19.6. The Kier molecular flexibility index (Phi) is 5.32. The zero-order valence-electron chi connectivity index (χ0n) is 14.2. The predicted octanol–water partition coefficient (Wildman–Crippen LogP) is 0.629. The van der Waals surface area contributed by atoms with Crippen LogP contribution in [0.3, 0.4) is 0 Å². The molecule has 2 aliphatic heterocycles. The van der Waals surface area contributed by atoms with Crippen molar-refractivity contribution in [1.82, 2.24) is 10.2 Å². The van der Waals surface area contributed by atoms with Crippen molar-refractivity contribution in [1.29, 1.82) is 0 Å². The number of ether oxygens (including phenoxy) is 1. The molecule has 8 nitrogen and oxygen atoms in total. The van der Waals surface area contributed by atoms with Gasteiger partial charge in [-0.15, -0.1) is 0 Å². The largest absolute Gasteiger partial charge is 0.494 e. The minimum Gasteiger partial charge on any atom is -0.494 e. The molecule has 1 fully saturated rings. The lowest BCUT2D eigenvalue weighted by atomic mass is 10.0. The van der Waals surface area contributed by atoms with Crippen molar-refractivity contribution in [3.63, 3.8) is 0 Å². The van der Waals surface area contributed by atoms with Crippen LogP contribution >= 0.6 is 0 Å². The van der Waals surface area contributed by atoms with E-state index in [-0.39, 0.29) is 30.6 Å². The van der Waals surface area contributed by atoms with Crippen LogP contribution in [-0.2, 0) is 9.59 Å². The lowest BCUT2D eigenvalue weighted by Crippen LogP contribution is -2.54. The zero-order valence-corrected chi connectivity index (χ0v) is 14.2. The molecule has 3 rings (SSSR count). The van der Waals surface area contributed by atoms with Crippen LogP contribution in [0.25, 0.3) is 0 Å². The molecule has 26 heavy (non-hydrogen) atoms. The average Bonchev–Trinajstić information content (AvgIpc) is 2.86. The van der Waals surface area contributed by atoms with Crippen LogP contribution in [0.1, 0.15) is 52.8 Å². The molecule has 2 N–H and O–H groups in total. The predicted molar refractivity (Wildman–Crippen MR) is 89.5 cm³/mol. The molecule has 0 spiro atoms. The highest BCUT2D eigenvalue weighted by Crippen LogP contribution is 2.30. The van der Waals surface area contributed by atoms with Crippen molar-refractivity contribution in [3.05, 3.63) is 29.3 Å². The number of benzene rings is 1. The molecular formula is C18H20N2O6. The van der Waals surface area contributed by atoms with Crippen molar-refractivity contribution in [3.8, 4) is 5.75 Å². The smallest absolute Gasteiger partial charge is 0.262 e. The molecule has 1 unspecified atom stereocenters. The van der Waals surface area contributed by atoms with E-state index < -0.39 is 29.7 Å². The van der Waals surface area contributed by atoms with Gasteiger partial charge in [0.15, 0.2) is 0 Å². The lowest BCUT2D eigenvalue weighted by Gasteiger charge is -2.27. The summed E-state index contributed by atoms with van der Waals surface area (Å²) in [7, 11) is 0. The van der Waals surface area contributed by atoms with Crippen LogP contribution in [-0.4, -0.2) is 52.9 Å². The maximum Gasteiger partial charge on any atom is 0.262 e. The maximum absolute atomic E-state index is 12.7. The molecule has 1 aromatic carbocycles. The van der Waals surface area contributed by atoms with E-state index in [1.54, 1.807) is 6.07 Å². The number of aliphatic hydroxyl groups excluding tert-OH is 1. The summed E-state index contributed by atoms with van der Waals surface area (Å²) in [6.07, 6.45) is 2.53. The van der Waals surface area contributed by atoms with Crippen molar-refractivity contribution in [2.45, 2.75) is 38.1 Å². The lowest BCUT2D eigenvalue weighted by molar-refractivity contribution is -0.136. The molecule has 0 saturated carbocycles. The van der Waals surface area contributed by atoms with Crippen molar-refractivity contribution < 1.29 is 29.0 Å². The Morgan fingerprint density at radius 2 is 1.85 bits per heavy atom. The Hall–Kier alpha value is -2.74. The summed E-state index contributed by atoms with van der Waals surface area (Å²) in [5.41, 5.74) is 0.430. The number of carbonyl (C=O) groups excluding carboxylic acids is 4. The number of aliphatic hydroxyl groups is 1. The van der Waals surface area contributed by atoms with E-state index in [9.17, 15) is 19.2 Å². The van der Waals surface area contributed by atoms with Crippen molar-refractivity contribution in [2.75, 3.05) is 13.2 Å². The summed E-state index contributed by atoms with van der Waals surface area (Å²) in [6.45, 7) is 0.587. The van der Waals surface area contributed by atoms with Crippen LogP contribution in [0.15, 0.2) is 18.2 Å². The first-order valence-corrected chi connectivity index (χ1v) is 8.62. The van der Waals surface area contributed by atoms with Gasteiger partial charge in [-0.3, -0.25) is 29.4 Å². The Bertz CT molecular complexity index is 760. The molecule has 8 heteroatoms. The molecule has 2 aliphatic rings. The van der Waals surface area contributed by atoms with Gasteiger partial charge in [-0.1, -0.05) is 0 Å². The molecule has 2 heterocycles. The quantitative estimate of drug-likeness (QED) is 0.545. The van der Waals surface area contributed by atoms with Crippen molar-refractivity contribution in [2.24, 2.45) is 0 Å². The number of fused-ring (bicyclic) bond motifs is 1. The first-order chi connectivity index (χ1) is 12.5. The Labute approximate surface area is 150 Å². The van der Waals surface area contributed by atoms with Gasteiger partial charge in [0.2, 0.25) is 11.8 Å². The van der Waals surface area contributed by atoms with Crippen LogP contribution < -0.4 is 10.1 Å². The van der Waals surface area contributed by atoms with Gasteiger partial charge >= 0.3 is 0 Å². The van der Waals surface area contributed by atoms with Gasteiger partial charge in [-0.25, -0.2) is 0 Å². The summed E-state index contributed by atoms with van der Waals surface area (Å²) in [5.74, 6) is -1.64. The number of rotatable bonds is 7. The first kappa shape index (κ1) is 18.1. The summed E-state index contributed by atoms with van der Waals surface area (Å²) >= 11 is 0. The summed E-state index contributed by atoms with van der Waals surface area (Å²) in [5, 5.41) is 10.9. The summed E-state index contributed by atoms with van der Waals surface area (Å²) in [4.78, 5) is 49.4. The Morgan fingerprint density at radius 1 is 1.08 bits per heavy atom. The summed E-state index contributed by atoms with van der Waals surface area (Å²) < 4.78 is 5.59. The van der Waals surface area contributed by atoms with Crippen LogP contribution in [0.2, 0.25) is 0 Å². The molecule has 4 amide bonds. The SMILES string of the molecule is O=C1CCC(N2C(=O)c3ccc(OCCCCCO)cc3C2=O)C(=O)N1. The van der Waals surface area contributed by atoms with E-state index in [1.807, 2.05) is 0 Å². The molecule has 1 aromatic rings. The number of carbonyl (C=O) groups is 4. The van der Waals surface area contributed by atoms with Gasteiger partial charge < -0.3 is 9.84 Å². The van der Waals surface area contributed by atoms with Crippen LogP contribution in [0, 0.1) is 0 Å². The number of nitrogens with one attached hydrogen (secondary N) is 1. The van der Waals surface area contributed by atoms with Gasteiger partial charge in [0, 0.05) is 13.0 Å². The molecule has 1 atom stereocenters. The average molecular weight is 360 g/mol. The van der Waals surface area contributed by atoms with E-state index in [2.05, 4.69) is 5.32 Å². The monoisotopic (exact) mass is 360 g/mol. The fourth-order valence-corrected chi connectivity index (χ4v) is 3.12. The molecule has 0 aromatic heterocycles. The molecule has 1 saturated heterocycles. The molecule has 0 aliphatic carbocycles. The van der Waals surface area contributed by atoms with E-state index in [0.717, 1.165) is 17.7 Å². The molecule has 138 valence electrons. The minimum absolute atomic E-state index is 0.0893. The maximum atomic E-state index is 12.7.